The van der Waals surface area contributed by atoms with Crippen molar-refractivity contribution in [2.45, 2.75) is 6.42 Å². The Balaban J connectivity index is 2.57. The zero-order valence-corrected chi connectivity index (χ0v) is 10.6. The molecule has 0 aliphatic heterocycles. The first-order chi connectivity index (χ1) is 8.69. The first kappa shape index (κ1) is 14.2. The van der Waals surface area contributed by atoms with Crippen molar-refractivity contribution in [2.75, 3.05) is 25.4 Å². The molecule has 0 spiro atoms. The summed E-state index contributed by atoms with van der Waals surface area (Å²) in [5.41, 5.74) is 6.93. The maximum absolute atomic E-state index is 12.0. The fraction of sp³-hybridized carbons (Fsp3) is 0.267. The third-order valence-electron chi connectivity index (χ3n) is 2.69. The lowest BCUT2D eigenvalue weighted by Gasteiger charge is -2.18. The highest BCUT2D eigenvalue weighted by molar-refractivity contribution is 6.00. The second-order valence-electron chi connectivity index (χ2n) is 4.10. The number of carbonyl (C=O) groups excluding carboxylic acids is 1. The van der Waals surface area contributed by atoms with Gasteiger partial charge in [-0.05, 0) is 12.1 Å². The quantitative estimate of drug-likeness (QED) is 0.434. The van der Waals surface area contributed by atoms with Gasteiger partial charge < -0.3 is 5.73 Å². The lowest BCUT2D eigenvalue weighted by molar-refractivity contribution is 0.0969. The molecule has 96 valence electrons. The minimum absolute atomic E-state index is 0.0752. The average molecular weight is 244 g/mol. The lowest BCUT2D eigenvalue weighted by atomic mass is 10.1. The van der Waals surface area contributed by atoms with E-state index in [1.165, 1.54) is 0 Å². The average Bonchev–Trinajstić information content (AvgIpc) is 2.36. The van der Waals surface area contributed by atoms with Crippen LogP contribution in [-0.2, 0) is 0 Å². The van der Waals surface area contributed by atoms with Gasteiger partial charge in [0.1, 0.15) is 0 Å². The largest absolute Gasteiger partial charge is 0.398 e. The number of hydrogen-bond acceptors (Lipinski definition) is 3. The van der Waals surface area contributed by atoms with Crippen LogP contribution in [0, 0.1) is 0 Å². The van der Waals surface area contributed by atoms with Crippen LogP contribution in [0.15, 0.2) is 49.6 Å². The molecule has 0 saturated carbocycles. The first-order valence-corrected chi connectivity index (χ1v) is 6.01. The molecule has 2 N–H and O–H groups in total. The van der Waals surface area contributed by atoms with Crippen LogP contribution in [0.25, 0.3) is 0 Å². The topological polar surface area (TPSA) is 46.3 Å². The molecule has 1 aromatic carbocycles. The number of benzene rings is 1. The highest BCUT2D eigenvalue weighted by Gasteiger charge is 2.10. The molecule has 0 fully saturated rings. The van der Waals surface area contributed by atoms with Gasteiger partial charge >= 0.3 is 0 Å². The van der Waals surface area contributed by atoms with Gasteiger partial charge in [-0.2, -0.15) is 0 Å². The van der Waals surface area contributed by atoms with Gasteiger partial charge in [0, 0.05) is 37.3 Å². The Bertz CT molecular complexity index is 416. The third kappa shape index (κ3) is 4.18. The van der Waals surface area contributed by atoms with E-state index in [2.05, 4.69) is 18.1 Å². The van der Waals surface area contributed by atoms with Gasteiger partial charge in [0.2, 0.25) is 0 Å². The van der Waals surface area contributed by atoms with Crippen molar-refractivity contribution >= 4 is 11.5 Å². The number of ketones is 1. The van der Waals surface area contributed by atoms with Crippen LogP contribution >= 0.6 is 0 Å². The summed E-state index contributed by atoms with van der Waals surface area (Å²) < 4.78 is 0. The molecule has 0 aromatic heterocycles. The number of Topliss-reactive ketones (excluding diaryl/α,β-unsaturated/α-hetero) is 1. The first-order valence-electron chi connectivity index (χ1n) is 6.01. The number of hydrogen-bond donors (Lipinski definition) is 1. The monoisotopic (exact) mass is 244 g/mol. The normalized spacial score (nSPS) is 10.3. The van der Waals surface area contributed by atoms with Crippen molar-refractivity contribution in [3.8, 4) is 0 Å². The van der Waals surface area contributed by atoms with Crippen LogP contribution in [0.4, 0.5) is 5.69 Å². The molecule has 0 amide bonds. The van der Waals surface area contributed by atoms with Crippen molar-refractivity contribution in [1.29, 1.82) is 0 Å². The summed E-state index contributed by atoms with van der Waals surface area (Å²) in [6.07, 6.45) is 4.10. The number of nitrogens with zero attached hydrogens (tertiary/aromatic N) is 1. The molecule has 0 bridgehead atoms. The smallest absolute Gasteiger partial charge is 0.166 e. The van der Waals surface area contributed by atoms with Gasteiger partial charge in [-0.3, -0.25) is 9.69 Å². The molecule has 0 unspecified atom stereocenters. The summed E-state index contributed by atoms with van der Waals surface area (Å²) in [5.74, 6) is 0.0752. The fourth-order valence-corrected chi connectivity index (χ4v) is 1.77. The summed E-state index contributed by atoms with van der Waals surface area (Å²) in [5, 5.41) is 0. The molecule has 0 atom stereocenters. The van der Waals surface area contributed by atoms with Crippen molar-refractivity contribution in [3.63, 3.8) is 0 Å². The van der Waals surface area contributed by atoms with Crippen LogP contribution in [0.5, 0.6) is 0 Å². The van der Waals surface area contributed by atoms with Gasteiger partial charge in [0.05, 0.1) is 0 Å². The van der Waals surface area contributed by atoms with E-state index in [1.54, 1.807) is 12.1 Å². The number of carbonyl (C=O) groups is 1. The predicted octanol–water partition coefficient (Wildman–Crippen LogP) is 2.52. The zero-order valence-electron chi connectivity index (χ0n) is 10.6. The van der Waals surface area contributed by atoms with Crippen molar-refractivity contribution in [2.24, 2.45) is 0 Å². The van der Waals surface area contributed by atoms with Crippen molar-refractivity contribution in [1.82, 2.24) is 4.90 Å². The van der Waals surface area contributed by atoms with Crippen LogP contribution < -0.4 is 5.73 Å². The van der Waals surface area contributed by atoms with Gasteiger partial charge in [0.25, 0.3) is 0 Å². The molecule has 0 heterocycles. The molecule has 18 heavy (non-hydrogen) atoms. The standard InChI is InChI=1S/C15H20N2O/c1-3-10-17(11-4-2)12-9-15(18)13-7-5-6-8-14(13)16/h3-8H,1-2,9-12,16H2. The molecule has 3 heteroatoms. The van der Waals surface area contributed by atoms with Crippen molar-refractivity contribution in [3.05, 3.63) is 55.1 Å². The SMILES string of the molecule is C=CCN(CC=C)CCC(=O)c1ccccc1N. The number of para-hydroxylation sites is 1. The van der Waals surface area contributed by atoms with E-state index in [-0.39, 0.29) is 5.78 Å². The molecule has 1 rings (SSSR count). The summed E-state index contributed by atoms with van der Waals surface area (Å²) in [7, 11) is 0. The second-order valence-corrected chi connectivity index (χ2v) is 4.10. The van der Waals surface area contributed by atoms with E-state index >= 15 is 0 Å². The van der Waals surface area contributed by atoms with Gasteiger partial charge in [-0.15, -0.1) is 13.2 Å². The number of nitrogen functional groups attached to an aromatic ring is 1. The highest BCUT2D eigenvalue weighted by atomic mass is 16.1. The summed E-state index contributed by atoms with van der Waals surface area (Å²) in [4.78, 5) is 14.1. The van der Waals surface area contributed by atoms with Crippen LogP contribution in [0.1, 0.15) is 16.8 Å². The molecule has 0 saturated heterocycles. The molecule has 0 aliphatic rings. The Morgan fingerprint density at radius 2 is 1.83 bits per heavy atom. The lowest BCUT2D eigenvalue weighted by Crippen LogP contribution is -2.26. The van der Waals surface area contributed by atoms with Gasteiger partial charge in [0.15, 0.2) is 5.78 Å². The van der Waals surface area contributed by atoms with Gasteiger partial charge in [-0.1, -0.05) is 24.3 Å². The number of rotatable bonds is 8. The Kier molecular flexibility index (Phi) is 5.88. The highest BCUT2D eigenvalue weighted by Crippen LogP contribution is 2.13. The molecule has 0 aliphatic carbocycles. The Morgan fingerprint density at radius 3 is 2.39 bits per heavy atom. The van der Waals surface area contributed by atoms with Gasteiger partial charge in [-0.25, -0.2) is 0 Å². The zero-order chi connectivity index (χ0) is 13.4. The van der Waals surface area contributed by atoms with E-state index < -0.39 is 0 Å². The molecule has 3 nitrogen and oxygen atoms in total. The number of nitrogens with two attached hydrogens (primary N) is 1. The van der Waals surface area contributed by atoms with Crippen LogP contribution in [0.2, 0.25) is 0 Å². The molecule has 0 radical (unpaired) electrons. The van der Waals surface area contributed by atoms with E-state index in [0.717, 1.165) is 13.1 Å². The predicted molar refractivity (Wildman–Crippen MR) is 76.6 cm³/mol. The summed E-state index contributed by atoms with van der Waals surface area (Å²) >= 11 is 0. The Hall–Kier alpha value is -1.87. The summed E-state index contributed by atoms with van der Waals surface area (Å²) in [6.45, 7) is 9.60. The maximum atomic E-state index is 12.0. The minimum atomic E-state index is 0.0752. The van der Waals surface area contributed by atoms with Crippen LogP contribution in [-0.4, -0.2) is 30.3 Å². The van der Waals surface area contributed by atoms with E-state index in [9.17, 15) is 4.79 Å². The van der Waals surface area contributed by atoms with E-state index in [0.29, 0.717) is 24.2 Å². The fourth-order valence-electron chi connectivity index (χ4n) is 1.77. The van der Waals surface area contributed by atoms with E-state index in [4.69, 9.17) is 5.73 Å². The molecule has 1 aromatic rings. The van der Waals surface area contributed by atoms with Crippen molar-refractivity contribution < 1.29 is 4.79 Å². The molecular weight excluding hydrogens is 224 g/mol. The third-order valence-corrected chi connectivity index (χ3v) is 2.69. The van der Waals surface area contributed by atoms with E-state index in [1.807, 2.05) is 24.3 Å². The molecular formula is C15H20N2O. The Morgan fingerprint density at radius 1 is 1.22 bits per heavy atom. The second kappa shape index (κ2) is 7.45. The Labute approximate surface area is 109 Å². The maximum Gasteiger partial charge on any atom is 0.166 e. The number of anilines is 1. The minimum Gasteiger partial charge on any atom is -0.398 e. The summed E-state index contributed by atoms with van der Waals surface area (Å²) in [6, 6.07) is 7.17. The van der Waals surface area contributed by atoms with Crippen LogP contribution in [0.3, 0.4) is 0 Å².